The van der Waals surface area contributed by atoms with Crippen molar-refractivity contribution in [1.29, 1.82) is 0 Å². The minimum Gasteiger partial charge on any atom is -0.493 e. The Labute approximate surface area is 121 Å². The summed E-state index contributed by atoms with van der Waals surface area (Å²) in [6.07, 6.45) is 0. The molecule has 2 aromatic rings. The molecule has 20 heavy (non-hydrogen) atoms. The Morgan fingerprint density at radius 2 is 1.95 bits per heavy atom. The minimum absolute atomic E-state index is 0.149. The minimum atomic E-state index is -0.268. The van der Waals surface area contributed by atoms with Crippen molar-refractivity contribution in [3.63, 3.8) is 0 Å². The molecule has 0 unspecified atom stereocenters. The molecule has 1 aromatic carbocycles. The third kappa shape index (κ3) is 3.93. The van der Waals surface area contributed by atoms with Crippen molar-refractivity contribution >= 4 is 11.8 Å². The summed E-state index contributed by atoms with van der Waals surface area (Å²) in [6, 6.07) is 5.98. The maximum Gasteiger partial charge on any atom is 0.209 e. The number of rotatable bonds is 5. The lowest BCUT2D eigenvalue weighted by molar-refractivity contribution is 0.320. The van der Waals surface area contributed by atoms with Crippen molar-refractivity contribution in [3.8, 4) is 5.75 Å². The van der Waals surface area contributed by atoms with Crippen LogP contribution in [-0.4, -0.2) is 32.6 Å². The molecule has 2 rings (SSSR count). The smallest absolute Gasteiger partial charge is 0.209 e. The zero-order valence-electron chi connectivity index (χ0n) is 11.7. The second-order valence-electron chi connectivity index (χ2n) is 5.19. The van der Waals surface area contributed by atoms with E-state index in [-0.39, 0.29) is 11.4 Å². The molecular weight excluding hydrogens is 279 g/mol. The van der Waals surface area contributed by atoms with E-state index in [0.717, 1.165) is 5.16 Å². The van der Waals surface area contributed by atoms with E-state index in [0.29, 0.717) is 18.1 Å². The fraction of sp³-hybridized carbons (Fsp3) is 0.462. The van der Waals surface area contributed by atoms with E-state index < -0.39 is 0 Å². The second-order valence-corrected chi connectivity index (χ2v) is 6.26. The summed E-state index contributed by atoms with van der Waals surface area (Å²) in [7, 11) is 0. The summed E-state index contributed by atoms with van der Waals surface area (Å²) in [6.45, 7) is 6.64. The number of aromatic nitrogens is 4. The highest BCUT2D eigenvalue weighted by atomic mass is 32.2. The highest BCUT2D eigenvalue weighted by Crippen LogP contribution is 2.21. The van der Waals surface area contributed by atoms with Crippen LogP contribution in [0.2, 0.25) is 0 Å². The Hall–Kier alpha value is -1.63. The van der Waals surface area contributed by atoms with Crippen LogP contribution >= 0.6 is 11.8 Å². The van der Waals surface area contributed by atoms with E-state index >= 15 is 0 Å². The lowest BCUT2D eigenvalue weighted by atomic mass is 10.1. The molecule has 0 radical (unpaired) electrons. The average molecular weight is 296 g/mol. The molecule has 0 amide bonds. The molecule has 1 heterocycles. The Balaban J connectivity index is 1.82. The van der Waals surface area contributed by atoms with Crippen molar-refractivity contribution < 1.29 is 9.13 Å². The number of hydrogen-bond acceptors (Lipinski definition) is 5. The number of nitrogens with zero attached hydrogens (tertiary/aromatic N) is 4. The first-order chi connectivity index (χ1) is 9.47. The molecule has 0 N–H and O–H groups in total. The van der Waals surface area contributed by atoms with Crippen LogP contribution in [0.3, 0.4) is 0 Å². The van der Waals surface area contributed by atoms with Gasteiger partial charge in [0, 0.05) is 5.75 Å². The van der Waals surface area contributed by atoms with Gasteiger partial charge in [0.25, 0.3) is 0 Å². The van der Waals surface area contributed by atoms with Crippen molar-refractivity contribution in [2.45, 2.75) is 31.5 Å². The van der Waals surface area contributed by atoms with E-state index in [1.807, 2.05) is 20.8 Å². The maximum atomic E-state index is 12.7. The van der Waals surface area contributed by atoms with E-state index in [1.54, 1.807) is 16.8 Å². The van der Waals surface area contributed by atoms with Gasteiger partial charge in [0.15, 0.2) is 0 Å². The van der Waals surface area contributed by atoms with Gasteiger partial charge in [0.1, 0.15) is 11.6 Å². The highest BCUT2D eigenvalue weighted by molar-refractivity contribution is 7.99. The topological polar surface area (TPSA) is 52.8 Å². The highest BCUT2D eigenvalue weighted by Gasteiger charge is 2.19. The molecule has 1 aromatic heterocycles. The molecule has 108 valence electrons. The number of thioether (sulfide) groups is 1. The van der Waals surface area contributed by atoms with Crippen LogP contribution < -0.4 is 4.74 Å². The van der Waals surface area contributed by atoms with Crippen LogP contribution in [0.15, 0.2) is 29.4 Å². The van der Waals surface area contributed by atoms with E-state index in [2.05, 4.69) is 15.5 Å². The summed E-state index contributed by atoms with van der Waals surface area (Å²) in [5.74, 6) is 1.10. The molecule has 0 saturated heterocycles. The first-order valence-corrected chi connectivity index (χ1v) is 7.25. The predicted octanol–water partition coefficient (Wildman–Crippen LogP) is 2.74. The lowest BCUT2D eigenvalue weighted by Crippen LogP contribution is -2.24. The first kappa shape index (κ1) is 14.8. The van der Waals surface area contributed by atoms with Crippen LogP contribution in [-0.2, 0) is 5.54 Å². The van der Waals surface area contributed by atoms with Gasteiger partial charge in [-0.15, -0.1) is 5.10 Å². The molecule has 0 aliphatic heterocycles. The second kappa shape index (κ2) is 6.21. The molecule has 0 aliphatic rings. The summed E-state index contributed by atoms with van der Waals surface area (Å²) in [5, 5.41) is 12.4. The average Bonchev–Trinajstić information content (AvgIpc) is 2.85. The van der Waals surface area contributed by atoms with Gasteiger partial charge in [-0.1, -0.05) is 11.8 Å². The van der Waals surface area contributed by atoms with E-state index in [9.17, 15) is 4.39 Å². The first-order valence-electron chi connectivity index (χ1n) is 6.27. The molecule has 0 atom stereocenters. The third-order valence-corrected chi connectivity index (χ3v) is 3.36. The van der Waals surface area contributed by atoms with Gasteiger partial charge in [0.2, 0.25) is 5.16 Å². The molecule has 0 bridgehead atoms. The number of ether oxygens (including phenoxy) is 1. The summed E-state index contributed by atoms with van der Waals surface area (Å²) >= 11 is 1.53. The van der Waals surface area contributed by atoms with Crippen molar-refractivity contribution in [1.82, 2.24) is 20.2 Å². The van der Waals surface area contributed by atoms with Crippen molar-refractivity contribution in [3.05, 3.63) is 30.1 Å². The third-order valence-electron chi connectivity index (χ3n) is 2.47. The number of halogens is 1. The Morgan fingerprint density at radius 1 is 1.25 bits per heavy atom. The molecular formula is C13H17FN4OS. The van der Waals surface area contributed by atoms with Crippen LogP contribution in [0, 0.1) is 5.82 Å². The number of tetrazole rings is 1. The lowest BCUT2D eigenvalue weighted by Gasteiger charge is -2.19. The number of benzene rings is 1. The molecule has 0 saturated carbocycles. The molecule has 0 spiro atoms. The van der Waals surface area contributed by atoms with Crippen molar-refractivity contribution in [2.75, 3.05) is 12.4 Å². The van der Waals surface area contributed by atoms with Crippen LogP contribution in [0.1, 0.15) is 20.8 Å². The fourth-order valence-electron chi connectivity index (χ4n) is 1.51. The zero-order valence-corrected chi connectivity index (χ0v) is 12.5. The summed E-state index contributed by atoms with van der Waals surface area (Å²) in [4.78, 5) is 0. The van der Waals surface area contributed by atoms with Crippen LogP contribution in [0.4, 0.5) is 4.39 Å². The predicted molar refractivity (Wildman–Crippen MR) is 75.4 cm³/mol. The summed E-state index contributed by atoms with van der Waals surface area (Å²) in [5.41, 5.74) is -0.149. The monoisotopic (exact) mass is 296 g/mol. The fourth-order valence-corrected chi connectivity index (χ4v) is 2.39. The van der Waals surface area contributed by atoms with E-state index in [1.165, 1.54) is 23.9 Å². The Morgan fingerprint density at radius 3 is 2.60 bits per heavy atom. The SMILES string of the molecule is CC(C)(C)n1nnnc1SCCOc1ccc(F)cc1. The van der Waals surface area contributed by atoms with Gasteiger partial charge in [-0.05, 0) is 55.5 Å². The van der Waals surface area contributed by atoms with Gasteiger partial charge in [-0.25, -0.2) is 9.07 Å². The van der Waals surface area contributed by atoms with Crippen LogP contribution in [0.5, 0.6) is 5.75 Å². The Bertz CT molecular complexity index is 550. The van der Waals surface area contributed by atoms with Crippen molar-refractivity contribution in [2.24, 2.45) is 0 Å². The van der Waals surface area contributed by atoms with Gasteiger partial charge >= 0.3 is 0 Å². The van der Waals surface area contributed by atoms with Gasteiger partial charge in [-0.2, -0.15) is 0 Å². The van der Waals surface area contributed by atoms with E-state index in [4.69, 9.17) is 4.74 Å². The quantitative estimate of drug-likeness (QED) is 0.627. The molecule has 0 aliphatic carbocycles. The molecule has 0 fully saturated rings. The standard InChI is InChI=1S/C13H17FN4OS/c1-13(2,3)18-12(15-16-17-18)20-9-8-19-11-6-4-10(14)5-7-11/h4-7H,8-9H2,1-3H3. The molecule has 7 heteroatoms. The van der Waals surface area contributed by atoms with Crippen LogP contribution in [0.25, 0.3) is 0 Å². The normalized spacial score (nSPS) is 11.6. The maximum absolute atomic E-state index is 12.7. The largest absolute Gasteiger partial charge is 0.493 e. The van der Waals surface area contributed by atoms with Gasteiger partial charge < -0.3 is 4.74 Å². The summed E-state index contributed by atoms with van der Waals surface area (Å²) < 4.78 is 20.0. The van der Waals surface area contributed by atoms with Gasteiger partial charge in [0.05, 0.1) is 12.1 Å². The zero-order chi connectivity index (χ0) is 14.6. The molecule has 5 nitrogen and oxygen atoms in total. The van der Waals surface area contributed by atoms with Gasteiger partial charge in [-0.3, -0.25) is 0 Å². The number of hydrogen-bond donors (Lipinski definition) is 0. The Kier molecular flexibility index (Phi) is 4.59.